The molecular weight excluding hydrogens is 264 g/mol. The molecule has 0 spiro atoms. The van der Waals surface area contributed by atoms with Crippen LogP contribution in [0.4, 0.5) is 9.80 Å². The average molecular weight is 284 g/mol. The lowest BCUT2D eigenvalue weighted by atomic mass is 10.2. The second-order valence-electron chi connectivity index (χ2n) is 4.28. The van der Waals surface area contributed by atoms with Crippen molar-refractivity contribution in [3.8, 4) is 0 Å². The van der Waals surface area contributed by atoms with Gasteiger partial charge in [-0.1, -0.05) is 6.92 Å². The van der Waals surface area contributed by atoms with Crippen LogP contribution in [0.3, 0.4) is 0 Å². The molecule has 0 saturated carbocycles. The van der Waals surface area contributed by atoms with Gasteiger partial charge in [0.25, 0.3) is 0 Å². The summed E-state index contributed by atoms with van der Waals surface area (Å²) >= 11 is 1.40. The minimum Gasteiger partial charge on any atom is -0.462 e. The second-order valence-corrected chi connectivity index (χ2v) is 5.42. The van der Waals surface area contributed by atoms with E-state index in [9.17, 15) is 9.59 Å². The lowest BCUT2D eigenvalue weighted by molar-refractivity contribution is 0.0528. The van der Waals surface area contributed by atoms with E-state index in [0.29, 0.717) is 17.2 Å². The van der Waals surface area contributed by atoms with Crippen molar-refractivity contribution >= 4 is 28.3 Å². The minimum absolute atomic E-state index is 0.0386. The molecule has 2 N–H and O–H groups in total. The van der Waals surface area contributed by atoms with E-state index < -0.39 is 5.97 Å². The zero-order valence-corrected chi connectivity index (χ0v) is 12.5. The van der Waals surface area contributed by atoms with E-state index in [4.69, 9.17) is 4.74 Å². The third-order valence-corrected chi connectivity index (χ3v) is 3.47. The highest BCUT2D eigenvalue weighted by Gasteiger charge is 2.18. The summed E-state index contributed by atoms with van der Waals surface area (Å²) in [6.45, 7) is 7.81. The van der Waals surface area contributed by atoms with Gasteiger partial charge in [0, 0.05) is 10.9 Å². The third kappa shape index (κ3) is 4.55. The maximum absolute atomic E-state index is 11.8. The molecule has 2 amide bonds. The van der Waals surface area contributed by atoms with Crippen molar-refractivity contribution in [2.45, 2.75) is 40.2 Å². The summed E-state index contributed by atoms with van der Waals surface area (Å²) < 4.78 is 4.99. The first kappa shape index (κ1) is 15.5. The van der Waals surface area contributed by atoms with Gasteiger partial charge in [-0.2, -0.15) is 0 Å². The van der Waals surface area contributed by atoms with Gasteiger partial charge in [0.2, 0.25) is 0 Å². The molecule has 106 valence electrons. The third-order valence-electron chi connectivity index (χ3n) is 2.27. The number of esters is 1. The Balaban J connectivity index is 2.89. The van der Waals surface area contributed by atoms with Crippen molar-refractivity contribution in [2.75, 3.05) is 11.9 Å². The molecule has 1 rings (SSSR count). The van der Waals surface area contributed by atoms with E-state index in [1.165, 1.54) is 11.3 Å². The predicted molar refractivity (Wildman–Crippen MR) is 76.9 cm³/mol. The summed E-state index contributed by atoms with van der Waals surface area (Å²) in [4.78, 5) is 24.5. The second kappa shape index (κ2) is 7.13. The Hall–Kier alpha value is -1.56. The molecule has 0 aliphatic heterocycles. The van der Waals surface area contributed by atoms with Crippen molar-refractivity contribution in [3.05, 3.63) is 16.5 Å². The Labute approximate surface area is 117 Å². The van der Waals surface area contributed by atoms with Gasteiger partial charge in [-0.05, 0) is 33.3 Å². The van der Waals surface area contributed by atoms with Gasteiger partial charge in [0.1, 0.15) is 5.00 Å². The van der Waals surface area contributed by atoms with Crippen molar-refractivity contribution in [2.24, 2.45) is 0 Å². The SMILES string of the molecule is CCOC(=O)c1cc(CC)sc1NC(=O)NC(C)C. The maximum atomic E-state index is 11.8. The molecule has 1 heterocycles. The van der Waals surface area contributed by atoms with Crippen LogP contribution in [-0.2, 0) is 11.2 Å². The molecule has 0 unspecified atom stereocenters. The van der Waals surface area contributed by atoms with Crippen LogP contribution in [0, 0.1) is 0 Å². The zero-order valence-electron chi connectivity index (χ0n) is 11.7. The van der Waals surface area contributed by atoms with E-state index in [1.807, 2.05) is 20.8 Å². The van der Waals surface area contributed by atoms with E-state index >= 15 is 0 Å². The fraction of sp³-hybridized carbons (Fsp3) is 0.538. The molecule has 1 aromatic rings. The van der Waals surface area contributed by atoms with Gasteiger partial charge in [-0.15, -0.1) is 11.3 Å². The topological polar surface area (TPSA) is 67.4 Å². The number of amides is 2. The van der Waals surface area contributed by atoms with Gasteiger partial charge in [-0.25, -0.2) is 9.59 Å². The summed E-state index contributed by atoms with van der Waals surface area (Å²) in [6, 6.07) is 1.50. The highest BCUT2D eigenvalue weighted by atomic mass is 32.1. The fourth-order valence-electron chi connectivity index (χ4n) is 1.47. The Morgan fingerprint density at radius 2 is 2.05 bits per heavy atom. The molecule has 0 fully saturated rings. The molecule has 19 heavy (non-hydrogen) atoms. The normalized spacial score (nSPS) is 10.4. The average Bonchev–Trinajstić information content (AvgIpc) is 2.71. The smallest absolute Gasteiger partial charge is 0.341 e. The Bertz CT molecular complexity index is 455. The van der Waals surface area contributed by atoms with Crippen LogP contribution in [0.1, 0.15) is 42.9 Å². The van der Waals surface area contributed by atoms with Crippen LogP contribution in [0.5, 0.6) is 0 Å². The van der Waals surface area contributed by atoms with Gasteiger partial charge < -0.3 is 10.1 Å². The molecule has 0 aromatic carbocycles. The number of nitrogens with one attached hydrogen (secondary N) is 2. The van der Waals surface area contributed by atoms with E-state index in [0.717, 1.165) is 11.3 Å². The molecule has 6 heteroatoms. The first-order valence-electron chi connectivity index (χ1n) is 6.35. The number of anilines is 1. The van der Waals surface area contributed by atoms with Gasteiger partial charge in [0.15, 0.2) is 0 Å². The predicted octanol–water partition coefficient (Wildman–Crippen LogP) is 3.02. The van der Waals surface area contributed by atoms with E-state index in [2.05, 4.69) is 10.6 Å². The van der Waals surface area contributed by atoms with Gasteiger partial charge in [0.05, 0.1) is 12.2 Å². The van der Waals surface area contributed by atoms with Crippen LogP contribution in [0.15, 0.2) is 6.07 Å². The Morgan fingerprint density at radius 1 is 1.37 bits per heavy atom. The number of carbonyl (C=O) groups excluding carboxylic acids is 2. The van der Waals surface area contributed by atoms with Gasteiger partial charge >= 0.3 is 12.0 Å². The van der Waals surface area contributed by atoms with Crippen LogP contribution < -0.4 is 10.6 Å². The van der Waals surface area contributed by atoms with Crippen molar-refractivity contribution < 1.29 is 14.3 Å². The van der Waals surface area contributed by atoms with Gasteiger partial charge in [-0.3, -0.25) is 5.32 Å². The van der Waals surface area contributed by atoms with Crippen molar-refractivity contribution in [1.82, 2.24) is 5.32 Å². The molecule has 0 atom stereocenters. The zero-order chi connectivity index (χ0) is 14.4. The lowest BCUT2D eigenvalue weighted by Gasteiger charge is -2.10. The molecule has 1 aromatic heterocycles. The monoisotopic (exact) mass is 284 g/mol. The van der Waals surface area contributed by atoms with Crippen molar-refractivity contribution in [3.63, 3.8) is 0 Å². The highest BCUT2D eigenvalue weighted by Crippen LogP contribution is 2.29. The maximum Gasteiger partial charge on any atom is 0.341 e. The number of aryl methyl sites for hydroxylation is 1. The lowest BCUT2D eigenvalue weighted by Crippen LogP contribution is -2.34. The van der Waals surface area contributed by atoms with Crippen molar-refractivity contribution in [1.29, 1.82) is 0 Å². The summed E-state index contributed by atoms with van der Waals surface area (Å²) in [5, 5.41) is 5.96. The Kier molecular flexibility index (Phi) is 5.82. The first-order valence-corrected chi connectivity index (χ1v) is 7.16. The summed E-state index contributed by atoms with van der Waals surface area (Å²) in [7, 11) is 0. The quantitative estimate of drug-likeness (QED) is 0.817. The number of hydrogen-bond acceptors (Lipinski definition) is 4. The molecule has 0 aliphatic rings. The van der Waals surface area contributed by atoms with Crippen LogP contribution >= 0.6 is 11.3 Å². The fourth-order valence-corrected chi connectivity index (χ4v) is 2.45. The minimum atomic E-state index is -0.404. The van der Waals surface area contributed by atoms with Crippen LogP contribution in [0.2, 0.25) is 0 Å². The summed E-state index contributed by atoms with van der Waals surface area (Å²) in [6.07, 6.45) is 0.810. The molecule has 5 nitrogen and oxygen atoms in total. The van der Waals surface area contributed by atoms with E-state index in [1.54, 1.807) is 13.0 Å². The standard InChI is InChI=1S/C13H20N2O3S/c1-5-9-7-10(12(16)18-6-2)11(19-9)15-13(17)14-8(3)4/h7-8H,5-6H2,1-4H3,(H2,14,15,17). The molecule has 0 radical (unpaired) electrons. The largest absolute Gasteiger partial charge is 0.462 e. The molecule has 0 saturated heterocycles. The summed E-state index contributed by atoms with van der Waals surface area (Å²) in [5.74, 6) is -0.404. The molecule has 0 aliphatic carbocycles. The van der Waals surface area contributed by atoms with E-state index in [-0.39, 0.29) is 12.1 Å². The number of rotatable bonds is 5. The number of thiophene rings is 1. The number of ether oxygens (including phenoxy) is 1. The number of carbonyl (C=O) groups is 2. The summed E-state index contributed by atoms with van der Waals surface area (Å²) in [5.41, 5.74) is 0.419. The Morgan fingerprint density at radius 3 is 2.58 bits per heavy atom. The highest BCUT2D eigenvalue weighted by molar-refractivity contribution is 7.16. The van der Waals surface area contributed by atoms with Crippen LogP contribution in [0.25, 0.3) is 0 Å². The number of hydrogen-bond donors (Lipinski definition) is 2. The number of urea groups is 1. The van der Waals surface area contributed by atoms with Crippen LogP contribution in [-0.4, -0.2) is 24.6 Å². The first-order chi connectivity index (χ1) is 8.97. The molecule has 0 bridgehead atoms. The molecular formula is C13H20N2O3S.